The van der Waals surface area contributed by atoms with Crippen molar-refractivity contribution in [3.8, 4) is 0 Å². The van der Waals surface area contributed by atoms with Crippen LogP contribution in [0.3, 0.4) is 0 Å². The van der Waals surface area contributed by atoms with Gasteiger partial charge in [-0.2, -0.15) is 0 Å². The summed E-state index contributed by atoms with van der Waals surface area (Å²) in [5.74, 6) is 0.354. The van der Waals surface area contributed by atoms with E-state index in [4.69, 9.17) is 0 Å². The van der Waals surface area contributed by atoms with Crippen molar-refractivity contribution >= 4 is 17.2 Å². The SMILES string of the molecule is Cc1nc2ccc(NC(=O)C3CCCC3)cn2c1C. The van der Waals surface area contributed by atoms with Gasteiger partial charge < -0.3 is 9.72 Å². The van der Waals surface area contributed by atoms with Gasteiger partial charge in [0.1, 0.15) is 5.65 Å². The Morgan fingerprint density at radius 2 is 2.05 bits per heavy atom. The molecular weight excluding hydrogens is 238 g/mol. The molecule has 0 atom stereocenters. The van der Waals surface area contributed by atoms with Crippen molar-refractivity contribution in [3.63, 3.8) is 0 Å². The summed E-state index contributed by atoms with van der Waals surface area (Å²) in [6.07, 6.45) is 6.36. The fourth-order valence-electron chi connectivity index (χ4n) is 2.79. The smallest absolute Gasteiger partial charge is 0.227 e. The van der Waals surface area contributed by atoms with E-state index in [0.717, 1.165) is 35.6 Å². The number of aryl methyl sites for hydroxylation is 2. The Hall–Kier alpha value is -1.84. The van der Waals surface area contributed by atoms with Gasteiger partial charge >= 0.3 is 0 Å². The van der Waals surface area contributed by atoms with Crippen molar-refractivity contribution in [3.05, 3.63) is 29.7 Å². The summed E-state index contributed by atoms with van der Waals surface area (Å²) in [7, 11) is 0. The van der Waals surface area contributed by atoms with Crippen molar-refractivity contribution in [2.45, 2.75) is 39.5 Å². The lowest BCUT2D eigenvalue weighted by atomic mass is 10.1. The number of aromatic nitrogens is 2. The highest BCUT2D eigenvalue weighted by atomic mass is 16.1. The number of rotatable bonds is 2. The van der Waals surface area contributed by atoms with Gasteiger partial charge in [-0.25, -0.2) is 4.98 Å². The van der Waals surface area contributed by atoms with Crippen LogP contribution in [0.2, 0.25) is 0 Å². The Balaban J connectivity index is 1.84. The van der Waals surface area contributed by atoms with Crippen molar-refractivity contribution in [1.29, 1.82) is 0 Å². The molecule has 19 heavy (non-hydrogen) atoms. The molecule has 4 heteroatoms. The normalized spacial score (nSPS) is 16.1. The van der Waals surface area contributed by atoms with Gasteiger partial charge in [0.05, 0.1) is 11.4 Å². The molecule has 2 heterocycles. The third kappa shape index (κ3) is 2.23. The molecule has 0 spiro atoms. The standard InChI is InChI=1S/C15H19N3O/c1-10-11(2)18-9-13(7-8-14(18)16-10)17-15(19)12-5-3-4-6-12/h7-9,12H,3-6H2,1-2H3,(H,17,19). The van der Waals surface area contributed by atoms with Gasteiger partial charge in [-0.3, -0.25) is 4.79 Å². The maximum atomic E-state index is 12.1. The van der Waals surface area contributed by atoms with Crippen LogP contribution in [0.15, 0.2) is 18.3 Å². The molecule has 100 valence electrons. The predicted molar refractivity (Wildman–Crippen MR) is 75.3 cm³/mol. The lowest BCUT2D eigenvalue weighted by molar-refractivity contribution is -0.119. The van der Waals surface area contributed by atoms with E-state index in [1.54, 1.807) is 0 Å². The molecule has 1 aliphatic carbocycles. The number of nitrogens with zero attached hydrogens (tertiary/aromatic N) is 2. The lowest BCUT2D eigenvalue weighted by Gasteiger charge is -2.10. The first kappa shape index (κ1) is 12.2. The molecule has 4 nitrogen and oxygen atoms in total. The zero-order valence-corrected chi connectivity index (χ0v) is 11.4. The molecule has 1 aliphatic rings. The summed E-state index contributed by atoms with van der Waals surface area (Å²) in [5.41, 5.74) is 3.92. The second-order valence-electron chi connectivity index (χ2n) is 5.40. The van der Waals surface area contributed by atoms with Crippen molar-refractivity contribution in [2.24, 2.45) is 5.92 Å². The first-order valence-corrected chi connectivity index (χ1v) is 6.91. The summed E-state index contributed by atoms with van der Waals surface area (Å²) < 4.78 is 2.03. The molecule has 0 unspecified atom stereocenters. The van der Waals surface area contributed by atoms with Crippen LogP contribution in [0, 0.1) is 19.8 Å². The number of hydrogen-bond acceptors (Lipinski definition) is 2. The van der Waals surface area contributed by atoms with E-state index >= 15 is 0 Å². The molecule has 3 rings (SSSR count). The van der Waals surface area contributed by atoms with Crippen molar-refractivity contribution in [2.75, 3.05) is 5.32 Å². The average molecular weight is 257 g/mol. The van der Waals surface area contributed by atoms with Gasteiger partial charge in [-0.1, -0.05) is 12.8 Å². The van der Waals surface area contributed by atoms with Crippen LogP contribution in [0.1, 0.15) is 37.1 Å². The molecular formula is C15H19N3O. The van der Waals surface area contributed by atoms with Crippen molar-refractivity contribution < 1.29 is 4.79 Å². The van der Waals surface area contributed by atoms with Gasteiger partial charge in [0, 0.05) is 17.8 Å². The fraction of sp³-hybridized carbons (Fsp3) is 0.467. The number of imidazole rings is 1. The van der Waals surface area contributed by atoms with E-state index in [9.17, 15) is 4.79 Å². The molecule has 1 fully saturated rings. The number of anilines is 1. The topological polar surface area (TPSA) is 46.4 Å². The Kier molecular flexibility index (Phi) is 3.01. The molecule has 1 amide bonds. The van der Waals surface area contributed by atoms with Crippen LogP contribution in [0.5, 0.6) is 0 Å². The minimum absolute atomic E-state index is 0.159. The van der Waals surface area contributed by atoms with Crippen LogP contribution < -0.4 is 5.32 Å². The molecule has 2 aromatic rings. The van der Waals surface area contributed by atoms with Crippen LogP contribution in [0.25, 0.3) is 5.65 Å². The summed E-state index contributed by atoms with van der Waals surface area (Å²) in [5, 5.41) is 3.02. The molecule has 1 saturated carbocycles. The van der Waals surface area contributed by atoms with E-state index in [-0.39, 0.29) is 11.8 Å². The molecule has 0 radical (unpaired) electrons. The third-order valence-corrected chi connectivity index (χ3v) is 4.09. The number of pyridine rings is 1. The van der Waals surface area contributed by atoms with E-state index in [2.05, 4.69) is 10.3 Å². The Labute approximate surface area is 112 Å². The first-order chi connectivity index (χ1) is 9.15. The molecule has 1 N–H and O–H groups in total. The highest BCUT2D eigenvalue weighted by molar-refractivity contribution is 5.92. The monoisotopic (exact) mass is 257 g/mol. The zero-order chi connectivity index (χ0) is 13.4. The molecule has 0 aliphatic heterocycles. The number of hydrogen-bond donors (Lipinski definition) is 1. The van der Waals surface area contributed by atoms with E-state index in [1.807, 2.05) is 36.6 Å². The minimum atomic E-state index is 0.159. The van der Waals surface area contributed by atoms with E-state index in [1.165, 1.54) is 12.8 Å². The Morgan fingerprint density at radius 3 is 2.79 bits per heavy atom. The van der Waals surface area contributed by atoms with Crippen LogP contribution in [0.4, 0.5) is 5.69 Å². The number of fused-ring (bicyclic) bond motifs is 1. The highest BCUT2D eigenvalue weighted by Crippen LogP contribution is 2.26. The van der Waals surface area contributed by atoms with Crippen molar-refractivity contribution in [1.82, 2.24) is 9.38 Å². The average Bonchev–Trinajstić information content (AvgIpc) is 3.01. The van der Waals surface area contributed by atoms with E-state index < -0.39 is 0 Å². The molecule has 0 bridgehead atoms. The Bertz CT molecular complexity index is 624. The number of carbonyl (C=O) groups is 1. The van der Waals surface area contributed by atoms with E-state index in [0.29, 0.717) is 0 Å². The van der Waals surface area contributed by atoms with Gasteiger partial charge in [0.2, 0.25) is 5.91 Å². The predicted octanol–water partition coefficient (Wildman–Crippen LogP) is 3.08. The van der Waals surface area contributed by atoms with Crippen LogP contribution >= 0.6 is 0 Å². The highest BCUT2D eigenvalue weighted by Gasteiger charge is 2.22. The minimum Gasteiger partial charge on any atom is -0.325 e. The summed E-state index contributed by atoms with van der Waals surface area (Å²) >= 11 is 0. The summed E-state index contributed by atoms with van der Waals surface area (Å²) in [4.78, 5) is 16.6. The fourth-order valence-corrected chi connectivity index (χ4v) is 2.79. The maximum Gasteiger partial charge on any atom is 0.227 e. The number of nitrogens with one attached hydrogen (secondary N) is 1. The van der Waals surface area contributed by atoms with Crippen LogP contribution in [-0.2, 0) is 4.79 Å². The second-order valence-corrected chi connectivity index (χ2v) is 5.40. The van der Waals surface area contributed by atoms with Gasteiger partial charge in [0.25, 0.3) is 0 Å². The van der Waals surface area contributed by atoms with Gasteiger partial charge in [-0.15, -0.1) is 0 Å². The van der Waals surface area contributed by atoms with Crippen LogP contribution in [-0.4, -0.2) is 15.3 Å². The zero-order valence-electron chi connectivity index (χ0n) is 11.4. The third-order valence-electron chi connectivity index (χ3n) is 4.09. The Morgan fingerprint density at radius 1 is 1.32 bits per heavy atom. The largest absolute Gasteiger partial charge is 0.325 e. The van der Waals surface area contributed by atoms with Gasteiger partial charge in [-0.05, 0) is 38.8 Å². The first-order valence-electron chi connectivity index (χ1n) is 6.91. The summed E-state index contributed by atoms with van der Waals surface area (Å²) in [6.45, 7) is 4.04. The number of carbonyl (C=O) groups excluding carboxylic acids is 1. The molecule has 2 aromatic heterocycles. The molecule has 0 saturated heterocycles. The maximum absolute atomic E-state index is 12.1. The van der Waals surface area contributed by atoms with Gasteiger partial charge in [0.15, 0.2) is 0 Å². The molecule has 0 aromatic carbocycles. The summed E-state index contributed by atoms with van der Waals surface area (Å²) in [6, 6.07) is 3.87. The quantitative estimate of drug-likeness (QED) is 0.898. The number of amides is 1. The second kappa shape index (κ2) is 4.68. The lowest BCUT2D eigenvalue weighted by Crippen LogP contribution is -2.20.